The van der Waals surface area contributed by atoms with Gasteiger partial charge in [0.25, 0.3) is 0 Å². The van der Waals surface area contributed by atoms with Gasteiger partial charge in [-0.1, -0.05) is 24.4 Å². The maximum atomic E-state index is 12.8. The minimum Gasteiger partial charge on any atom is -0.393 e. The minimum atomic E-state index is -0.262. The molecule has 1 spiro atoms. The lowest BCUT2D eigenvalue weighted by Gasteiger charge is -2.61. The molecule has 1 aliphatic carbocycles. The number of hydrogen-bond donors (Lipinski definition) is 1. The van der Waals surface area contributed by atoms with E-state index in [0.29, 0.717) is 48.5 Å². The van der Waals surface area contributed by atoms with Gasteiger partial charge in [0.15, 0.2) is 0 Å². The molecule has 5 aliphatic rings. The molecule has 2 amide bonds. The number of aliphatic hydroxyl groups is 1. The number of hydrogen-bond acceptors (Lipinski definition) is 6. The quantitative estimate of drug-likeness (QED) is 0.677. The van der Waals surface area contributed by atoms with Crippen LogP contribution >= 0.6 is 11.6 Å². The highest BCUT2D eigenvalue weighted by atomic mass is 35.5. The van der Waals surface area contributed by atoms with E-state index in [1.165, 1.54) is 25.7 Å². The number of likely N-dealkylation sites (tertiary alicyclic amines) is 3. The molecule has 3 saturated heterocycles. The molecule has 4 fully saturated rings. The van der Waals surface area contributed by atoms with Crippen LogP contribution in [0, 0.1) is 22.7 Å². The van der Waals surface area contributed by atoms with Gasteiger partial charge < -0.3 is 19.8 Å². The molecule has 1 aromatic rings. The Labute approximate surface area is 211 Å². The highest BCUT2D eigenvalue weighted by Crippen LogP contribution is 2.44. The van der Waals surface area contributed by atoms with Crippen LogP contribution in [0.4, 0.5) is 10.5 Å². The molecule has 0 aromatic heterocycles. The highest BCUT2D eigenvalue weighted by Gasteiger charge is 2.55. The number of rotatable bonds is 2. The molecule has 4 aliphatic heterocycles. The Kier molecular flexibility index (Phi) is 5.81. The van der Waals surface area contributed by atoms with E-state index in [9.17, 15) is 15.2 Å². The Balaban J connectivity index is 1.10. The van der Waals surface area contributed by atoms with Gasteiger partial charge in [0.1, 0.15) is 11.9 Å². The van der Waals surface area contributed by atoms with Crippen LogP contribution in [0.15, 0.2) is 23.3 Å². The fourth-order valence-corrected chi connectivity index (χ4v) is 6.92. The standard InChI is InChI=1S/C26H33ClN6O2/c27-22-11-20(6-5-19(22)13-28)33-23(18-3-1-2-4-18)12-24(29-33)31-14-26(15-31)16-32(17-26)25(35)30-9-7-21(34)8-10-30/h5-6,11,18,21,23,34H,1-4,7-10,12,14-17H2. The van der Waals surface area contributed by atoms with E-state index >= 15 is 0 Å². The number of piperidine rings is 1. The predicted molar refractivity (Wildman–Crippen MR) is 134 cm³/mol. The number of benzene rings is 1. The van der Waals surface area contributed by atoms with Crippen LogP contribution in [0.3, 0.4) is 0 Å². The smallest absolute Gasteiger partial charge is 0.320 e. The number of carbonyl (C=O) groups is 1. The van der Waals surface area contributed by atoms with E-state index in [2.05, 4.69) is 16.0 Å². The summed E-state index contributed by atoms with van der Waals surface area (Å²) in [6, 6.07) is 8.24. The molecule has 35 heavy (non-hydrogen) atoms. The zero-order valence-corrected chi connectivity index (χ0v) is 20.8. The van der Waals surface area contributed by atoms with Crippen molar-refractivity contribution in [2.45, 2.75) is 57.1 Å². The molecule has 1 aromatic carbocycles. The molecule has 0 radical (unpaired) electrons. The second kappa shape index (κ2) is 8.86. The first kappa shape index (κ1) is 22.9. The third kappa shape index (κ3) is 4.13. The zero-order valence-electron chi connectivity index (χ0n) is 20.1. The first-order valence-electron chi connectivity index (χ1n) is 13.0. The molecule has 9 heteroatoms. The van der Waals surface area contributed by atoms with E-state index in [1.807, 2.05) is 21.9 Å². The Morgan fingerprint density at radius 2 is 1.80 bits per heavy atom. The lowest BCUT2D eigenvalue weighted by atomic mass is 9.72. The van der Waals surface area contributed by atoms with E-state index in [-0.39, 0.29) is 17.6 Å². The number of amides is 2. The maximum absolute atomic E-state index is 12.8. The molecule has 8 nitrogen and oxygen atoms in total. The zero-order chi connectivity index (χ0) is 24.2. The summed E-state index contributed by atoms with van der Waals surface area (Å²) in [5.41, 5.74) is 1.65. The third-order valence-corrected chi connectivity index (χ3v) is 9.00. The van der Waals surface area contributed by atoms with Crippen LogP contribution in [0.2, 0.25) is 5.02 Å². The van der Waals surface area contributed by atoms with Crippen molar-refractivity contribution in [3.8, 4) is 6.07 Å². The number of anilines is 1. The molecule has 6 rings (SSSR count). The number of aliphatic hydroxyl groups excluding tert-OH is 1. The van der Waals surface area contributed by atoms with Crippen molar-refractivity contribution in [1.82, 2.24) is 14.7 Å². The molecule has 1 saturated carbocycles. The third-order valence-electron chi connectivity index (χ3n) is 8.69. The topological polar surface area (TPSA) is 86.4 Å². The van der Waals surface area contributed by atoms with Gasteiger partial charge in [-0.15, -0.1) is 0 Å². The summed E-state index contributed by atoms with van der Waals surface area (Å²) in [6.07, 6.45) is 7.09. The first-order chi connectivity index (χ1) is 16.9. The first-order valence-corrected chi connectivity index (χ1v) is 13.4. The lowest BCUT2D eigenvalue weighted by molar-refractivity contribution is -0.0715. The van der Waals surface area contributed by atoms with E-state index < -0.39 is 0 Å². The van der Waals surface area contributed by atoms with Crippen molar-refractivity contribution in [1.29, 1.82) is 5.26 Å². The molecular weight excluding hydrogens is 464 g/mol. The number of nitriles is 1. The van der Waals surface area contributed by atoms with E-state index in [0.717, 1.165) is 44.1 Å². The average Bonchev–Trinajstić information content (AvgIpc) is 3.48. The van der Waals surface area contributed by atoms with Gasteiger partial charge in [-0.2, -0.15) is 10.4 Å². The van der Waals surface area contributed by atoms with Crippen LogP contribution in [-0.2, 0) is 0 Å². The van der Waals surface area contributed by atoms with Gasteiger partial charge in [0, 0.05) is 51.1 Å². The maximum Gasteiger partial charge on any atom is 0.320 e. The molecular formula is C26H33ClN6O2. The number of carbonyl (C=O) groups excluding carboxylic acids is 1. The van der Waals surface area contributed by atoms with Crippen LogP contribution < -0.4 is 5.01 Å². The molecule has 1 unspecified atom stereocenters. The molecule has 4 heterocycles. The van der Waals surface area contributed by atoms with Crippen molar-refractivity contribution in [3.05, 3.63) is 28.8 Å². The molecule has 1 atom stereocenters. The van der Waals surface area contributed by atoms with E-state index in [4.69, 9.17) is 16.7 Å². The molecule has 186 valence electrons. The van der Waals surface area contributed by atoms with Crippen LogP contribution in [-0.4, -0.2) is 83.1 Å². The number of nitrogens with zero attached hydrogens (tertiary/aromatic N) is 6. The largest absolute Gasteiger partial charge is 0.393 e. The van der Waals surface area contributed by atoms with Crippen molar-refractivity contribution in [2.24, 2.45) is 16.4 Å². The van der Waals surface area contributed by atoms with Gasteiger partial charge >= 0.3 is 6.03 Å². The fourth-order valence-electron chi connectivity index (χ4n) is 6.70. The summed E-state index contributed by atoms with van der Waals surface area (Å²) >= 11 is 6.36. The van der Waals surface area contributed by atoms with Crippen LogP contribution in [0.25, 0.3) is 0 Å². The minimum absolute atomic E-state index is 0.129. The second-order valence-electron chi connectivity index (χ2n) is 11.2. The van der Waals surface area contributed by atoms with Gasteiger partial charge in [0.05, 0.1) is 28.4 Å². The Morgan fingerprint density at radius 3 is 2.46 bits per heavy atom. The Morgan fingerprint density at radius 1 is 1.09 bits per heavy atom. The normalized spacial score (nSPS) is 26.5. The monoisotopic (exact) mass is 496 g/mol. The Hall–Kier alpha value is -2.50. The summed E-state index contributed by atoms with van der Waals surface area (Å²) in [7, 11) is 0. The SMILES string of the molecule is N#Cc1ccc(N2N=C(N3CC4(CN(C(=O)N5CCC(O)CC5)C4)C3)CC2C2CCCC2)cc1Cl. The number of hydrazone groups is 1. The number of halogens is 1. The summed E-state index contributed by atoms with van der Waals surface area (Å²) in [4.78, 5) is 19.1. The van der Waals surface area contributed by atoms with Gasteiger partial charge in [-0.3, -0.25) is 5.01 Å². The molecule has 0 bridgehead atoms. The van der Waals surface area contributed by atoms with Crippen molar-refractivity contribution in [3.63, 3.8) is 0 Å². The van der Waals surface area contributed by atoms with Crippen LogP contribution in [0.1, 0.15) is 50.5 Å². The fraction of sp³-hybridized carbons (Fsp3) is 0.654. The van der Waals surface area contributed by atoms with Crippen molar-refractivity contribution < 1.29 is 9.90 Å². The second-order valence-corrected chi connectivity index (χ2v) is 11.6. The average molecular weight is 497 g/mol. The van der Waals surface area contributed by atoms with Crippen LogP contribution in [0.5, 0.6) is 0 Å². The van der Waals surface area contributed by atoms with Crippen molar-refractivity contribution >= 4 is 29.2 Å². The summed E-state index contributed by atoms with van der Waals surface area (Å²) < 4.78 is 0. The number of urea groups is 1. The summed E-state index contributed by atoms with van der Waals surface area (Å²) in [5.74, 6) is 1.77. The van der Waals surface area contributed by atoms with Crippen molar-refractivity contribution in [2.75, 3.05) is 44.3 Å². The Bertz CT molecular complexity index is 1060. The number of amidine groups is 1. The highest BCUT2D eigenvalue weighted by molar-refractivity contribution is 6.32. The lowest BCUT2D eigenvalue weighted by Crippen LogP contribution is -2.74. The predicted octanol–water partition coefficient (Wildman–Crippen LogP) is 3.49. The summed E-state index contributed by atoms with van der Waals surface area (Å²) in [5, 5.41) is 26.7. The van der Waals surface area contributed by atoms with Gasteiger partial charge in [-0.25, -0.2) is 4.79 Å². The van der Waals surface area contributed by atoms with Gasteiger partial charge in [0.2, 0.25) is 0 Å². The molecule has 1 N–H and O–H groups in total. The summed E-state index contributed by atoms with van der Waals surface area (Å²) in [6.45, 7) is 4.85. The van der Waals surface area contributed by atoms with Gasteiger partial charge in [-0.05, 0) is 49.8 Å². The van der Waals surface area contributed by atoms with E-state index in [1.54, 1.807) is 6.07 Å².